The van der Waals surface area contributed by atoms with E-state index in [1.54, 1.807) is 0 Å². The van der Waals surface area contributed by atoms with E-state index in [9.17, 15) is 19.5 Å². The molecule has 1 saturated carbocycles. The molecule has 0 heterocycles. The minimum atomic E-state index is -1.13. The number of rotatable bonds is 6. The van der Waals surface area contributed by atoms with Crippen LogP contribution in [-0.2, 0) is 14.3 Å². The van der Waals surface area contributed by atoms with Crippen LogP contribution in [0.15, 0.2) is 60.7 Å². The third kappa shape index (κ3) is 4.06. The first kappa shape index (κ1) is 22.2. The molecule has 3 aliphatic rings. The standard InChI is InChI=1S/C27H28N2O5/c30-24(29-27(25(31)32)13-6-14-27)17-7-5-8-18(15-17)28-26(33)34-16-23-21-11-3-1-9-19(21)20-10-2-4-12-22(20)23/h1-5,8-12,17-18,23H,6-7,13-16H2,(H,28,33)(H,29,30)(H,31,32)/t17-,18-/m1/s1. The van der Waals surface area contributed by atoms with Crippen LogP contribution < -0.4 is 10.6 Å². The second-order valence-electron chi connectivity index (χ2n) is 9.40. The molecule has 0 radical (unpaired) electrons. The van der Waals surface area contributed by atoms with Crippen molar-refractivity contribution in [2.24, 2.45) is 5.92 Å². The number of fused-ring (bicyclic) bond motifs is 3. The summed E-state index contributed by atoms with van der Waals surface area (Å²) in [4.78, 5) is 36.9. The molecule has 7 nitrogen and oxygen atoms in total. The minimum Gasteiger partial charge on any atom is -0.480 e. The van der Waals surface area contributed by atoms with Gasteiger partial charge in [0.05, 0.1) is 6.04 Å². The lowest BCUT2D eigenvalue weighted by atomic mass is 9.76. The molecule has 2 amide bonds. The summed E-state index contributed by atoms with van der Waals surface area (Å²) in [5, 5.41) is 15.1. The van der Waals surface area contributed by atoms with E-state index in [0.29, 0.717) is 25.7 Å². The molecular formula is C27H28N2O5. The Labute approximate surface area is 198 Å². The molecule has 2 aromatic rings. The van der Waals surface area contributed by atoms with Crippen molar-refractivity contribution in [3.05, 3.63) is 71.8 Å². The first-order chi connectivity index (χ1) is 16.5. The maximum Gasteiger partial charge on any atom is 0.407 e. The Morgan fingerprint density at radius 3 is 2.24 bits per heavy atom. The number of alkyl carbamates (subject to hydrolysis) is 1. The van der Waals surface area contributed by atoms with Crippen LogP contribution >= 0.6 is 0 Å². The predicted octanol–water partition coefficient (Wildman–Crippen LogP) is 3.98. The molecule has 1 fully saturated rings. The molecule has 0 saturated heterocycles. The number of hydrogen-bond donors (Lipinski definition) is 3. The van der Waals surface area contributed by atoms with E-state index in [0.717, 1.165) is 17.5 Å². The number of amides is 2. The summed E-state index contributed by atoms with van der Waals surface area (Å²) in [6.07, 6.45) is 5.82. The molecule has 3 aliphatic carbocycles. The lowest BCUT2D eigenvalue weighted by Gasteiger charge is -2.39. The molecule has 7 heteroatoms. The Morgan fingerprint density at radius 1 is 1.00 bits per heavy atom. The number of carboxylic acid groups (broad SMARTS) is 1. The number of allylic oxidation sites excluding steroid dienone is 1. The van der Waals surface area contributed by atoms with Crippen molar-refractivity contribution in [3.8, 4) is 11.1 Å². The van der Waals surface area contributed by atoms with Crippen molar-refractivity contribution in [2.75, 3.05) is 6.61 Å². The summed E-state index contributed by atoms with van der Waals surface area (Å²) < 4.78 is 5.61. The van der Waals surface area contributed by atoms with Gasteiger partial charge in [-0.05, 0) is 54.4 Å². The Balaban J connectivity index is 1.17. The summed E-state index contributed by atoms with van der Waals surface area (Å²) in [7, 11) is 0. The van der Waals surface area contributed by atoms with Gasteiger partial charge in [-0.3, -0.25) is 4.79 Å². The van der Waals surface area contributed by atoms with Crippen LogP contribution in [0.1, 0.15) is 49.1 Å². The quantitative estimate of drug-likeness (QED) is 0.566. The van der Waals surface area contributed by atoms with E-state index in [1.807, 2.05) is 36.4 Å². The SMILES string of the molecule is O=C(N[C@@H]1C=CC[C@@H](C(=O)NC2(C(=O)O)CCC2)C1)OCC1c2ccccc2-c2ccccc21. The molecule has 0 aromatic heterocycles. The molecule has 0 aliphatic heterocycles. The van der Waals surface area contributed by atoms with Gasteiger partial charge in [-0.2, -0.15) is 0 Å². The third-order valence-corrected chi connectivity index (χ3v) is 7.32. The topological polar surface area (TPSA) is 105 Å². The minimum absolute atomic E-state index is 0.0201. The zero-order valence-corrected chi connectivity index (χ0v) is 18.8. The van der Waals surface area contributed by atoms with Crippen LogP contribution in [0.2, 0.25) is 0 Å². The van der Waals surface area contributed by atoms with Crippen molar-refractivity contribution in [1.29, 1.82) is 0 Å². The molecule has 0 bridgehead atoms. The maximum atomic E-state index is 12.7. The molecule has 2 aromatic carbocycles. The lowest BCUT2D eigenvalue weighted by molar-refractivity contribution is -0.152. The highest BCUT2D eigenvalue weighted by atomic mass is 16.5. The molecule has 5 rings (SSSR count). The zero-order valence-electron chi connectivity index (χ0n) is 18.8. The molecule has 0 spiro atoms. The average molecular weight is 461 g/mol. The van der Waals surface area contributed by atoms with E-state index in [-0.39, 0.29) is 30.4 Å². The second-order valence-corrected chi connectivity index (χ2v) is 9.40. The van der Waals surface area contributed by atoms with Gasteiger partial charge in [0.15, 0.2) is 0 Å². The molecule has 176 valence electrons. The first-order valence-corrected chi connectivity index (χ1v) is 11.8. The Hall–Kier alpha value is -3.61. The first-order valence-electron chi connectivity index (χ1n) is 11.8. The molecule has 0 unspecified atom stereocenters. The fraction of sp³-hybridized carbons (Fsp3) is 0.370. The van der Waals surface area contributed by atoms with Crippen molar-refractivity contribution in [3.63, 3.8) is 0 Å². The maximum absolute atomic E-state index is 12.7. The Morgan fingerprint density at radius 2 is 1.65 bits per heavy atom. The second kappa shape index (κ2) is 8.97. The van der Waals surface area contributed by atoms with Gasteiger partial charge in [0.2, 0.25) is 5.91 Å². The van der Waals surface area contributed by atoms with Crippen LogP contribution in [0.25, 0.3) is 11.1 Å². The van der Waals surface area contributed by atoms with Gasteiger partial charge in [-0.1, -0.05) is 60.7 Å². The average Bonchev–Trinajstić information content (AvgIpc) is 3.13. The highest BCUT2D eigenvalue weighted by molar-refractivity contribution is 5.89. The van der Waals surface area contributed by atoms with Crippen LogP contribution in [0.5, 0.6) is 0 Å². The molecular weight excluding hydrogens is 432 g/mol. The number of ether oxygens (including phenoxy) is 1. The summed E-state index contributed by atoms with van der Waals surface area (Å²) in [6, 6.07) is 16.0. The fourth-order valence-corrected chi connectivity index (χ4v) is 5.26. The molecule has 34 heavy (non-hydrogen) atoms. The summed E-state index contributed by atoms with van der Waals surface area (Å²) >= 11 is 0. The third-order valence-electron chi connectivity index (χ3n) is 7.32. The van der Waals surface area contributed by atoms with E-state index in [2.05, 4.69) is 34.9 Å². The number of hydrogen-bond acceptors (Lipinski definition) is 4. The Kier molecular flexibility index (Phi) is 5.86. The van der Waals surface area contributed by atoms with Crippen molar-refractivity contribution < 1.29 is 24.2 Å². The fourth-order valence-electron chi connectivity index (χ4n) is 5.26. The Bertz CT molecular complexity index is 1110. The molecule has 2 atom stereocenters. The number of aliphatic carboxylic acids is 1. The zero-order chi connectivity index (χ0) is 23.7. The number of carbonyl (C=O) groups is 3. The van der Waals surface area contributed by atoms with E-state index < -0.39 is 17.6 Å². The highest BCUT2D eigenvalue weighted by Gasteiger charge is 2.46. The summed E-state index contributed by atoms with van der Waals surface area (Å²) in [6.45, 7) is 0.224. The van der Waals surface area contributed by atoms with Gasteiger partial charge < -0.3 is 20.5 Å². The number of carboxylic acids is 1. The highest BCUT2D eigenvalue weighted by Crippen LogP contribution is 2.44. The van der Waals surface area contributed by atoms with Gasteiger partial charge in [0, 0.05) is 11.8 Å². The van der Waals surface area contributed by atoms with Crippen molar-refractivity contribution in [2.45, 2.75) is 49.6 Å². The monoisotopic (exact) mass is 460 g/mol. The summed E-state index contributed by atoms with van der Waals surface area (Å²) in [5.74, 6) is -1.66. The predicted molar refractivity (Wildman–Crippen MR) is 126 cm³/mol. The number of nitrogens with one attached hydrogen (secondary N) is 2. The molecule has 3 N–H and O–H groups in total. The van der Waals surface area contributed by atoms with Gasteiger partial charge >= 0.3 is 12.1 Å². The number of benzene rings is 2. The van der Waals surface area contributed by atoms with Gasteiger partial charge in [-0.25, -0.2) is 9.59 Å². The van der Waals surface area contributed by atoms with E-state index in [1.165, 1.54) is 11.1 Å². The normalized spacial score (nSPS) is 22.1. The van der Waals surface area contributed by atoms with Crippen molar-refractivity contribution in [1.82, 2.24) is 10.6 Å². The van der Waals surface area contributed by atoms with Gasteiger partial charge in [0.1, 0.15) is 12.1 Å². The van der Waals surface area contributed by atoms with E-state index >= 15 is 0 Å². The smallest absolute Gasteiger partial charge is 0.407 e. The lowest BCUT2D eigenvalue weighted by Crippen LogP contribution is -2.60. The van der Waals surface area contributed by atoms with Crippen LogP contribution in [-0.4, -0.2) is 41.3 Å². The summed E-state index contributed by atoms with van der Waals surface area (Å²) in [5.41, 5.74) is 3.50. The van der Waals surface area contributed by atoms with Gasteiger partial charge in [-0.15, -0.1) is 0 Å². The largest absolute Gasteiger partial charge is 0.480 e. The van der Waals surface area contributed by atoms with Crippen LogP contribution in [0.3, 0.4) is 0 Å². The van der Waals surface area contributed by atoms with Crippen LogP contribution in [0, 0.1) is 5.92 Å². The number of carbonyl (C=O) groups excluding carboxylic acids is 2. The van der Waals surface area contributed by atoms with Gasteiger partial charge in [0.25, 0.3) is 0 Å². The van der Waals surface area contributed by atoms with Crippen LogP contribution in [0.4, 0.5) is 4.79 Å². The van der Waals surface area contributed by atoms with E-state index in [4.69, 9.17) is 4.74 Å². The van der Waals surface area contributed by atoms with Crippen molar-refractivity contribution >= 4 is 18.0 Å².